The molecular weight excluding hydrogens is 372 g/mol. The molecule has 0 bridgehead atoms. The lowest BCUT2D eigenvalue weighted by atomic mass is 10.1. The van der Waals surface area contributed by atoms with Crippen molar-refractivity contribution in [2.75, 3.05) is 41.8 Å². The number of nitrogens with one attached hydrogen (secondary N) is 3. The molecular formula is C21H22N4O4. The van der Waals surface area contributed by atoms with Crippen LogP contribution in [-0.2, 0) is 14.3 Å². The Hall–Kier alpha value is -3.39. The van der Waals surface area contributed by atoms with Crippen LogP contribution in [0.25, 0.3) is 0 Å². The smallest absolute Gasteiger partial charge is 0.254 e. The number of morpholine rings is 1. The number of hydrogen-bond acceptors (Lipinski definition) is 5. The molecule has 8 heteroatoms. The maximum atomic E-state index is 12.4. The highest BCUT2D eigenvalue weighted by Crippen LogP contribution is 2.21. The zero-order chi connectivity index (χ0) is 20.2. The van der Waals surface area contributed by atoms with Crippen LogP contribution in [-0.4, -0.2) is 50.1 Å². The highest BCUT2D eigenvalue weighted by atomic mass is 16.5. The molecule has 1 saturated heterocycles. The van der Waals surface area contributed by atoms with Gasteiger partial charge in [0, 0.05) is 24.5 Å². The minimum atomic E-state index is -0.942. The monoisotopic (exact) mass is 394 g/mol. The third kappa shape index (κ3) is 4.38. The number of rotatable bonds is 4. The summed E-state index contributed by atoms with van der Waals surface area (Å²) >= 11 is 0. The Kier molecular flexibility index (Phi) is 5.44. The van der Waals surface area contributed by atoms with Gasteiger partial charge >= 0.3 is 0 Å². The van der Waals surface area contributed by atoms with E-state index in [0.29, 0.717) is 30.2 Å². The molecule has 2 aliphatic rings. The fraction of sp³-hybridized carbons (Fsp3) is 0.286. The number of anilines is 3. The number of amides is 3. The molecule has 1 fully saturated rings. The van der Waals surface area contributed by atoms with Crippen LogP contribution in [0.1, 0.15) is 16.8 Å². The zero-order valence-electron chi connectivity index (χ0n) is 15.8. The number of para-hydroxylation sites is 1. The van der Waals surface area contributed by atoms with Gasteiger partial charge in [-0.1, -0.05) is 12.1 Å². The van der Waals surface area contributed by atoms with Crippen LogP contribution in [0.5, 0.6) is 0 Å². The predicted octanol–water partition coefficient (Wildman–Crippen LogP) is 1.60. The minimum Gasteiger partial charge on any atom is -0.378 e. The van der Waals surface area contributed by atoms with Gasteiger partial charge in [-0.25, -0.2) is 0 Å². The molecule has 2 aromatic carbocycles. The van der Waals surface area contributed by atoms with Gasteiger partial charge in [0.2, 0.25) is 11.8 Å². The summed E-state index contributed by atoms with van der Waals surface area (Å²) in [6, 6.07) is 13.3. The second-order valence-electron chi connectivity index (χ2n) is 6.96. The van der Waals surface area contributed by atoms with Gasteiger partial charge in [-0.15, -0.1) is 0 Å². The predicted molar refractivity (Wildman–Crippen MR) is 109 cm³/mol. The molecule has 2 aromatic rings. The molecule has 0 radical (unpaired) electrons. The van der Waals surface area contributed by atoms with E-state index in [1.165, 1.54) is 0 Å². The van der Waals surface area contributed by atoms with Crippen LogP contribution in [0.15, 0.2) is 48.5 Å². The van der Waals surface area contributed by atoms with Crippen LogP contribution in [0.2, 0.25) is 0 Å². The van der Waals surface area contributed by atoms with Gasteiger partial charge in [-0.05, 0) is 36.4 Å². The van der Waals surface area contributed by atoms with Crippen LogP contribution in [0.4, 0.5) is 17.1 Å². The van der Waals surface area contributed by atoms with Crippen molar-refractivity contribution in [1.82, 2.24) is 5.32 Å². The van der Waals surface area contributed by atoms with Gasteiger partial charge in [0.25, 0.3) is 5.91 Å². The van der Waals surface area contributed by atoms with Gasteiger partial charge in [-0.3, -0.25) is 14.4 Å². The maximum Gasteiger partial charge on any atom is 0.254 e. The number of fused-ring (bicyclic) bond motifs is 1. The Labute approximate surface area is 168 Å². The first-order chi connectivity index (χ1) is 14.1. The molecule has 2 heterocycles. The van der Waals surface area contributed by atoms with Crippen molar-refractivity contribution in [2.24, 2.45) is 0 Å². The van der Waals surface area contributed by atoms with E-state index in [4.69, 9.17) is 4.74 Å². The fourth-order valence-electron chi connectivity index (χ4n) is 3.43. The number of carbonyl (C=O) groups is 3. The molecule has 0 spiro atoms. The third-order valence-corrected chi connectivity index (χ3v) is 4.97. The van der Waals surface area contributed by atoms with E-state index in [9.17, 15) is 14.4 Å². The second kappa shape index (κ2) is 8.32. The Morgan fingerprint density at radius 1 is 1.07 bits per heavy atom. The summed E-state index contributed by atoms with van der Waals surface area (Å²) in [5.74, 6) is -1.15. The lowest BCUT2D eigenvalue weighted by Gasteiger charge is -2.28. The SMILES string of the molecule is O=C(CC1NC(=O)c2ccccc2NC1=O)Nc1ccc(N2CCOCC2)cc1. The maximum absolute atomic E-state index is 12.4. The normalized spacial score (nSPS) is 18.9. The molecule has 150 valence electrons. The number of carbonyl (C=O) groups excluding carboxylic acids is 3. The molecule has 0 saturated carbocycles. The van der Waals surface area contributed by atoms with E-state index in [1.807, 2.05) is 24.3 Å². The van der Waals surface area contributed by atoms with Crippen molar-refractivity contribution >= 4 is 34.8 Å². The summed E-state index contributed by atoms with van der Waals surface area (Å²) in [6.45, 7) is 3.09. The Morgan fingerprint density at radius 3 is 2.55 bits per heavy atom. The molecule has 2 aliphatic heterocycles. The first-order valence-electron chi connectivity index (χ1n) is 9.53. The lowest BCUT2D eigenvalue weighted by molar-refractivity contribution is -0.122. The van der Waals surface area contributed by atoms with Crippen molar-refractivity contribution < 1.29 is 19.1 Å². The van der Waals surface area contributed by atoms with E-state index in [2.05, 4.69) is 20.9 Å². The van der Waals surface area contributed by atoms with Crippen molar-refractivity contribution in [3.8, 4) is 0 Å². The first kappa shape index (κ1) is 18.9. The van der Waals surface area contributed by atoms with E-state index in [0.717, 1.165) is 18.8 Å². The summed E-state index contributed by atoms with van der Waals surface area (Å²) in [6.07, 6.45) is -0.156. The van der Waals surface area contributed by atoms with Gasteiger partial charge < -0.3 is 25.6 Å². The standard InChI is InChI=1S/C21H22N4O4/c26-19(22-14-5-7-15(8-6-14)25-9-11-29-12-10-25)13-18-21(28)23-17-4-2-1-3-16(17)20(27)24-18/h1-8,18H,9-13H2,(H,22,26)(H,23,28)(H,24,27). The summed E-state index contributed by atoms with van der Waals surface area (Å²) in [5.41, 5.74) is 2.52. The second-order valence-corrected chi connectivity index (χ2v) is 6.96. The zero-order valence-corrected chi connectivity index (χ0v) is 15.8. The summed E-state index contributed by atoms with van der Waals surface area (Å²) < 4.78 is 5.35. The number of benzene rings is 2. The van der Waals surface area contributed by atoms with Gasteiger partial charge in [0.15, 0.2) is 0 Å². The Morgan fingerprint density at radius 2 is 1.79 bits per heavy atom. The highest BCUT2D eigenvalue weighted by molar-refractivity contribution is 6.11. The van der Waals surface area contributed by atoms with Crippen LogP contribution >= 0.6 is 0 Å². The Balaban J connectivity index is 1.37. The molecule has 4 rings (SSSR count). The average molecular weight is 394 g/mol. The molecule has 1 atom stereocenters. The van der Waals surface area contributed by atoms with E-state index in [1.54, 1.807) is 24.3 Å². The summed E-state index contributed by atoms with van der Waals surface area (Å²) in [5, 5.41) is 8.10. The molecule has 3 amide bonds. The third-order valence-electron chi connectivity index (χ3n) is 4.97. The molecule has 1 unspecified atom stereocenters. The van der Waals surface area contributed by atoms with Crippen molar-refractivity contribution in [1.29, 1.82) is 0 Å². The number of hydrogen-bond donors (Lipinski definition) is 3. The van der Waals surface area contributed by atoms with Crippen LogP contribution in [0, 0.1) is 0 Å². The largest absolute Gasteiger partial charge is 0.378 e. The van der Waals surface area contributed by atoms with Crippen molar-refractivity contribution in [2.45, 2.75) is 12.5 Å². The number of nitrogens with zero attached hydrogens (tertiary/aromatic N) is 1. The molecule has 0 aromatic heterocycles. The van der Waals surface area contributed by atoms with Crippen LogP contribution in [0.3, 0.4) is 0 Å². The van der Waals surface area contributed by atoms with E-state index >= 15 is 0 Å². The van der Waals surface area contributed by atoms with Crippen LogP contribution < -0.4 is 20.9 Å². The van der Waals surface area contributed by atoms with Crippen molar-refractivity contribution in [3.05, 3.63) is 54.1 Å². The molecule has 3 N–H and O–H groups in total. The molecule has 0 aliphatic carbocycles. The quantitative estimate of drug-likeness (QED) is 0.732. The topological polar surface area (TPSA) is 99.8 Å². The van der Waals surface area contributed by atoms with Crippen molar-refractivity contribution in [3.63, 3.8) is 0 Å². The van der Waals surface area contributed by atoms with Gasteiger partial charge in [0.1, 0.15) is 6.04 Å². The lowest BCUT2D eigenvalue weighted by Crippen LogP contribution is -2.43. The Bertz CT molecular complexity index is 923. The number of ether oxygens (including phenoxy) is 1. The first-order valence-corrected chi connectivity index (χ1v) is 9.53. The highest BCUT2D eigenvalue weighted by Gasteiger charge is 2.29. The minimum absolute atomic E-state index is 0.156. The summed E-state index contributed by atoms with van der Waals surface area (Å²) in [7, 11) is 0. The van der Waals surface area contributed by atoms with E-state index < -0.39 is 11.9 Å². The van der Waals surface area contributed by atoms with E-state index in [-0.39, 0.29) is 18.2 Å². The molecule has 8 nitrogen and oxygen atoms in total. The average Bonchev–Trinajstić information content (AvgIpc) is 2.85. The van der Waals surface area contributed by atoms with Gasteiger partial charge in [0.05, 0.1) is 30.9 Å². The molecule has 29 heavy (non-hydrogen) atoms. The summed E-state index contributed by atoms with van der Waals surface area (Å²) in [4.78, 5) is 39.4. The fourth-order valence-corrected chi connectivity index (χ4v) is 3.43. The van der Waals surface area contributed by atoms with Gasteiger partial charge in [-0.2, -0.15) is 0 Å².